The standard InChI is InChI=1S/C15H17N5O2/c1-9-3-4-12(5-10(9)2)18-13(21)6-11-7-20-15(16-8-17-20)19-14(11)22/h3-5,8,11H,6-7H2,1-2H3,(H,18,21)(H,16,17,19,22). The zero-order valence-electron chi connectivity index (χ0n) is 12.5. The number of nitrogens with one attached hydrogen (secondary N) is 2. The van der Waals surface area contributed by atoms with E-state index in [0.717, 1.165) is 11.3 Å². The number of aryl methyl sites for hydroxylation is 2. The molecule has 2 heterocycles. The Morgan fingerprint density at radius 1 is 1.41 bits per heavy atom. The molecule has 0 saturated carbocycles. The number of nitrogens with zero attached hydrogens (tertiary/aromatic N) is 3. The molecule has 0 saturated heterocycles. The van der Waals surface area contributed by atoms with Gasteiger partial charge in [0.05, 0.1) is 12.5 Å². The summed E-state index contributed by atoms with van der Waals surface area (Å²) in [5.41, 5.74) is 3.02. The molecule has 22 heavy (non-hydrogen) atoms. The lowest BCUT2D eigenvalue weighted by atomic mass is 10.0. The molecule has 0 radical (unpaired) electrons. The maximum Gasteiger partial charge on any atom is 0.232 e. The Hall–Kier alpha value is -2.70. The molecule has 1 unspecified atom stereocenters. The Morgan fingerprint density at radius 2 is 2.23 bits per heavy atom. The summed E-state index contributed by atoms with van der Waals surface area (Å²) >= 11 is 0. The van der Waals surface area contributed by atoms with Crippen molar-refractivity contribution in [3.63, 3.8) is 0 Å². The van der Waals surface area contributed by atoms with Gasteiger partial charge in [-0.1, -0.05) is 6.07 Å². The maximum absolute atomic E-state index is 12.1. The predicted octanol–water partition coefficient (Wildman–Crippen LogP) is 1.49. The van der Waals surface area contributed by atoms with Gasteiger partial charge in [0, 0.05) is 12.1 Å². The number of hydrogen-bond donors (Lipinski definition) is 2. The lowest BCUT2D eigenvalue weighted by molar-refractivity contribution is -0.125. The van der Waals surface area contributed by atoms with E-state index in [4.69, 9.17) is 0 Å². The molecular weight excluding hydrogens is 282 g/mol. The normalized spacial score (nSPS) is 16.8. The molecule has 0 bridgehead atoms. The second-order valence-corrected chi connectivity index (χ2v) is 5.50. The molecule has 1 aromatic carbocycles. The number of anilines is 2. The molecule has 7 nitrogen and oxygen atoms in total. The average molecular weight is 299 g/mol. The number of hydrogen-bond acceptors (Lipinski definition) is 4. The first-order valence-corrected chi connectivity index (χ1v) is 7.08. The fourth-order valence-corrected chi connectivity index (χ4v) is 2.41. The van der Waals surface area contributed by atoms with Crippen LogP contribution in [-0.2, 0) is 16.1 Å². The highest BCUT2D eigenvalue weighted by Crippen LogP contribution is 2.19. The number of amides is 2. The lowest BCUT2D eigenvalue weighted by Crippen LogP contribution is -2.36. The summed E-state index contributed by atoms with van der Waals surface area (Å²) in [4.78, 5) is 28.0. The van der Waals surface area contributed by atoms with Crippen LogP contribution in [-0.4, -0.2) is 26.6 Å². The van der Waals surface area contributed by atoms with Crippen molar-refractivity contribution in [3.05, 3.63) is 35.7 Å². The van der Waals surface area contributed by atoms with E-state index in [1.807, 2.05) is 32.0 Å². The van der Waals surface area contributed by atoms with Crippen LogP contribution >= 0.6 is 0 Å². The third kappa shape index (κ3) is 2.83. The fourth-order valence-electron chi connectivity index (χ4n) is 2.41. The second-order valence-electron chi connectivity index (χ2n) is 5.50. The molecule has 2 N–H and O–H groups in total. The Labute approximate surface area is 127 Å². The van der Waals surface area contributed by atoms with Gasteiger partial charge in [0.15, 0.2) is 0 Å². The zero-order chi connectivity index (χ0) is 15.7. The topological polar surface area (TPSA) is 88.9 Å². The smallest absolute Gasteiger partial charge is 0.232 e. The maximum atomic E-state index is 12.1. The van der Waals surface area contributed by atoms with Crippen molar-refractivity contribution in [2.24, 2.45) is 5.92 Å². The third-order valence-corrected chi connectivity index (χ3v) is 3.84. The molecule has 1 atom stereocenters. The molecule has 0 aliphatic carbocycles. The van der Waals surface area contributed by atoms with Crippen molar-refractivity contribution >= 4 is 23.5 Å². The van der Waals surface area contributed by atoms with Gasteiger partial charge in [-0.3, -0.25) is 14.9 Å². The van der Waals surface area contributed by atoms with Crippen LogP contribution in [0.3, 0.4) is 0 Å². The Morgan fingerprint density at radius 3 is 3.00 bits per heavy atom. The van der Waals surface area contributed by atoms with E-state index >= 15 is 0 Å². The van der Waals surface area contributed by atoms with Gasteiger partial charge in [-0.15, -0.1) is 0 Å². The molecular formula is C15H17N5O2. The highest BCUT2D eigenvalue weighted by atomic mass is 16.2. The van der Waals surface area contributed by atoms with E-state index in [2.05, 4.69) is 20.7 Å². The summed E-state index contributed by atoms with van der Waals surface area (Å²) in [6.07, 6.45) is 1.49. The number of fused-ring (bicyclic) bond motifs is 1. The third-order valence-electron chi connectivity index (χ3n) is 3.84. The van der Waals surface area contributed by atoms with Crippen LogP contribution in [0.2, 0.25) is 0 Å². The lowest BCUT2D eigenvalue weighted by Gasteiger charge is -2.21. The van der Waals surface area contributed by atoms with Crippen LogP contribution in [0.4, 0.5) is 11.6 Å². The number of carbonyl (C=O) groups excluding carboxylic acids is 2. The van der Waals surface area contributed by atoms with Crippen molar-refractivity contribution in [1.29, 1.82) is 0 Å². The quantitative estimate of drug-likeness (QED) is 0.898. The van der Waals surface area contributed by atoms with Crippen molar-refractivity contribution in [2.45, 2.75) is 26.8 Å². The van der Waals surface area contributed by atoms with Crippen molar-refractivity contribution < 1.29 is 9.59 Å². The van der Waals surface area contributed by atoms with Gasteiger partial charge >= 0.3 is 0 Å². The van der Waals surface area contributed by atoms with Crippen molar-refractivity contribution in [1.82, 2.24) is 14.8 Å². The highest BCUT2D eigenvalue weighted by molar-refractivity contribution is 5.98. The van der Waals surface area contributed by atoms with E-state index in [1.54, 1.807) is 4.68 Å². The van der Waals surface area contributed by atoms with Gasteiger partial charge in [0.2, 0.25) is 17.8 Å². The first-order valence-electron chi connectivity index (χ1n) is 7.08. The molecule has 0 spiro atoms. The second kappa shape index (κ2) is 5.59. The van der Waals surface area contributed by atoms with Gasteiger partial charge in [-0.25, -0.2) is 4.68 Å². The summed E-state index contributed by atoms with van der Waals surface area (Å²) in [6, 6.07) is 5.74. The van der Waals surface area contributed by atoms with E-state index in [-0.39, 0.29) is 18.2 Å². The molecule has 2 amide bonds. The minimum atomic E-state index is -0.444. The first-order chi connectivity index (χ1) is 10.5. The van der Waals surface area contributed by atoms with Crippen LogP contribution in [0, 0.1) is 19.8 Å². The Bertz CT molecular complexity index is 737. The van der Waals surface area contributed by atoms with E-state index in [1.165, 1.54) is 11.9 Å². The summed E-state index contributed by atoms with van der Waals surface area (Å²) in [5.74, 6) is -0.403. The summed E-state index contributed by atoms with van der Waals surface area (Å²) in [5, 5.41) is 9.49. The van der Waals surface area contributed by atoms with Gasteiger partial charge < -0.3 is 5.32 Å². The Kier molecular flexibility index (Phi) is 3.62. The molecule has 7 heteroatoms. The molecule has 1 aromatic heterocycles. The Balaban J connectivity index is 1.64. The number of carbonyl (C=O) groups is 2. The van der Waals surface area contributed by atoms with Crippen molar-refractivity contribution in [3.8, 4) is 0 Å². The van der Waals surface area contributed by atoms with Gasteiger partial charge in [0.25, 0.3) is 0 Å². The monoisotopic (exact) mass is 299 g/mol. The van der Waals surface area contributed by atoms with E-state index < -0.39 is 5.92 Å². The van der Waals surface area contributed by atoms with Crippen LogP contribution in [0.15, 0.2) is 24.5 Å². The highest BCUT2D eigenvalue weighted by Gasteiger charge is 2.29. The zero-order valence-corrected chi connectivity index (χ0v) is 12.5. The molecule has 0 fully saturated rings. The number of aromatic nitrogens is 3. The van der Waals surface area contributed by atoms with Crippen molar-refractivity contribution in [2.75, 3.05) is 10.6 Å². The average Bonchev–Trinajstić information content (AvgIpc) is 2.90. The molecule has 1 aliphatic heterocycles. The van der Waals surface area contributed by atoms with Crippen LogP contribution in [0.1, 0.15) is 17.5 Å². The number of rotatable bonds is 3. The van der Waals surface area contributed by atoms with Crippen LogP contribution in [0.5, 0.6) is 0 Å². The molecule has 1 aliphatic rings. The van der Waals surface area contributed by atoms with E-state index in [9.17, 15) is 9.59 Å². The van der Waals surface area contributed by atoms with Crippen LogP contribution < -0.4 is 10.6 Å². The minimum Gasteiger partial charge on any atom is -0.326 e. The fraction of sp³-hybridized carbons (Fsp3) is 0.333. The summed E-state index contributed by atoms with van der Waals surface area (Å²) < 4.78 is 1.59. The van der Waals surface area contributed by atoms with Crippen LogP contribution in [0.25, 0.3) is 0 Å². The molecule has 114 valence electrons. The minimum absolute atomic E-state index is 0.109. The van der Waals surface area contributed by atoms with Gasteiger partial charge in [0.1, 0.15) is 6.33 Å². The molecule has 2 aromatic rings. The number of benzene rings is 1. The SMILES string of the molecule is Cc1ccc(NC(=O)CC2Cn3ncnc3NC2=O)cc1C. The largest absolute Gasteiger partial charge is 0.326 e. The first kappa shape index (κ1) is 14.2. The van der Waals surface area contributed by atoms with E-state index in [0.29, 0.717) is 12.5 Å². The predicted molar refractivity (Wildman–Crippen MR) is 81.3 cm³/mol. The van der Waals surface area contributed by atoms with Gasteiger partial charge in [-0.05, 0) is 37.1 Å². The summed E-state index contributed by atoms with van der Waals surface area (Å²) in [6.45, 7) is 4.37. The summed E-state index contributed by atoms with van der Waals surface area (Å²) in [7, 11) is 0. The molecule has 3 rings (SSSR count). The van der Waals surface area contributed by atoms with Gasteiger partial charge in [-0.2, -0.15) is 10.1 Å².